The molecule has 0 aromatic heterocycles. The van der Waals surface area contributed by atoms with E-state index in [0.717, 1.165) is 5.56 Å². The van der Waals surface area contributed by atoms with Crippen molar-refractivity contribution < 1.29 is 28.9 Å². The number of ether oxygens (including phenoxy) is 3. The number of fused-ring (bicyclic) bond motifs is 1. The predicted molar refractivity (Wildman–Crippen MR) is 99.4 cm³/mol. The van der Waals surface area contributed by atoms with Crippen LogP contribution in [-0.4, -0.2) is 42.8 Å². The van der Waals surface area contributed by atoms with Gasteiger partial charge in [-0.15, -0.1) is 0 Å². The number of carbonyl (C=O) groups excluding carboxylic acids is 1. The third kappa shape index (κ3) is 4.17. The number of hydrogen-bond donors (Lipinski definition) is 2. The van der Waals surface area contributed by atoms with Gasteiger partial charge in [0.15, 0.2) is 17.6 Å². The van der Waals surface area contributed by atoms with Gasteiger partial charge in [0.1, 0.15) is 24.2 Å². The Kier molecular flexibility index (Phi) is 5.29. The van der Waals surface area contributed by atoms with E-state index in [4.69, 9.17) is 19.0 Å². The van der Waals surface area contributed by atoms with Crippen LogP contribution in [0.4, 0.5) is 0 Å². The van der Waals surface area contributed by atoms with E-state index in [2.05, 4.69) is 10.5 Å². The largest absolute Gasteiger partial charge is 0.491 e. The van der Waals surface area contributed by atoms with Crippen LogP contribution in [0.25, 0.3) is 0 Å². The van der Waals surface area contributed by atoms with Crippen LogP contribution in [0.2, 0.25) is 0 Å². The highest BCUT2D eigenvalue weighted by molar-refractivity contribution is 6.39. The fourth-order valence-corrected chi connectivity index (χ4v) is 2.89. The smallest absolute Gasteiger partial charge is 0.269 e. The third-order valence-electron chi connectivity index (χ3n) is 4.39. The zero-order valence-electron chi connectivity index (χ0n) is 15.0. The van der Waals surface area contributed by atoms with Crippen molar-refractivity contribution >= 4 is 11.6 Å². The standard InChI is InChI=1S/C20H20N2O6/c23-14(11-25-15-6-7-17-19(8-15)27-12-26-17)10-21-20(24)16-9-18(28-22-16)13-4-2-1-3-5-13/h1-8,14,18,23H,9-12H2,(H,21,24). The number of oxime groups is 1. The highest BCUT2D eigenvalue weighted by atomic mass is 16.7. The number of rotatable bonds is 7. The first kappa shape index (κ1) is 18.1. The van der Waals surface area contributed by atoms with Crippen molar-refractivity contribution in [1.82, 2.24) is 5.32 Å². The Hall–Kier alpha value is -3.26. The molecule has 0 saturated carbocycles. The summed E-state index contributed by atoms with van der Waals surface area (Å²) in [4.78, 5) is 17.6. The molecule has 0 aliphatic carbocycles. The van der Waals surface area contributed by atoms with Gasteiger partial charge in [0.2, 0.25) is 6.79 Å². The maximum Gasteiger partial charge on any atom is 0.269 e. The van der Waals surface area contributed by atoms with Gasteiger partial charge in [-0.3, -0.25) is 4.79 Å². The van der Waals surface area contributed by atoms with Gasteiger partial charge in [0.05, 0.1) is 0 Å². The molecule has 4 rings (SSSR count). The van der Waals surface area contributed by atoms with E-state index < -0.39 is 6.10 Å². The number of hydrogen-bond acceptors (Lipinski definition) is 7. The highest BCUT2D eigenvalue weighted by Crippen LogP contribution is 2.35. The topological polar surface area (TPSA) is 98.6 Å². The molecular weight excluding hydrogens is 364 g/mol. The van der Waals surface area contributed by atoms with Crippen LogP contribution < -0.4 is 19.5 Å². The first-order valence-corrected chi connectivity index (χ1v) is 8.95. The van der Waals surface area contributed by atoms with Crippen molar-refractivity contribution in [3.63, 3.8) is 0 Å². The van der Waals surface area contributed by atoms with E-state index in [-0.39, 0.29) is 32.0 Å². The second kappa shape index (κ2) is 8.18. The second-order valence-electron chi connectivity index (χ2n) is 6.44. The van der Waals surface area contributed by atoms with E-state index >= 15 is 0 Å². The Bertz CT molecular complexity index is 870. The summed E-state index contributed by atoms with van der Waals surface area (Å²) in [6.07, 6.45) is -0.747. The maximum atomic E-state index is 12.2. The molecule has 1 amide bonds. The molecule has 2 unspecified atom stereocenters. The van der Waals surface area contributed by atoms with Gasteiger partial charge in [0.25, 0.3) is 5.91 Å². The Labute approximate surface area is 161 Å². The molecule has 2 aliphatic rings. The lowest BCUT2D eigenvalue weighted by molar-refractivity contribution is -0.115. The lowest BCUT2D eigenvalue weighted by Gasteiger charge is -2.13. The van der Waals surface area contributed by atoms with Gasteiger partial charge in [0, 0.05) is 19.0 Å². The summed E-state index contributed by atoms with van der Waals surface area (Å²) < 4.78 is 16.0. The highest BCUT2D eigenvalue weighted by Gasteiger charge is 2.27. The van der Waals surface area contributed by atoms with E-state index in [1.54, 1.807) is 18.2 Å². The van der Waals surface area contributed by atoms with Crippen LogP contribution in [0.5, 0.6) is 17.2 Å². The number of aliphatic hydroxyl groups excluding tert-OH is 1. The van der Waals surface area contributed by atoms with Crippen molar-refractivity contribution in [2.75, 3.05) is 19.9 Å². The van der Waals surface area contributed by atoms with Crippen molar-refractivity contribution in [2.24, 2.45) is 5.16 Å². The summed E-state index contributed by atoms with van der Waals surface area (Å²) in [5.74, 6) is 1.45. The molecule has 0 saturated heterocycles. The average molecular weight is 384 g/mol. The SMILES string of the molecule is O=C(NCC(O)COc1ccc2c(c1)OCO2)C1=NOC(c2ccccc2)C1. The number of benzene rings is 2. The monoisotopic (exact) mass is 384 g/mol. The molecular formula is C20H20N2O6. The second-order valence-corrected chi connectivity index (χ2v) is 6.44. The zero-order chi connectivity index (χ0) is 19.3. The Morgan fingerprint density at radius 3 is 2.89 bits per heavy atom. The predicted octanol–water partition coefficient (Wildman–Crippen LogP) is 1.79. The lowest BCUT2D eigenvalue weighted by Crippen LogP contribution is -2.38. The molecule has 2 N–H and O–H groups in total. The number of carbonyl (C=O) groups is 1. The summed E-state index contributed by atoms with van der Waals surface area (Å²) in [7, 11) is 0. The summed E-state index contributed by atoms with van der Waals surface area (Å²) in [6, 6.07) is 14.8. The zero-order valence-corrected chi connectivity index (χ0v) is 15.0. The minimum absolute atomic E-state index is 0.0234. The van der Waals surface area contributed by atoms with Gasteiger partial charge in [-0.1, -0.05) is 35.5 Å². The summed E-state index contributed by atoms with van der Waals surface area (Å²) in [6.45, 7) is 0.250. The fourth-order valence-electron chi connectivity index (χ4n) is 2.89. The molecule has 28 heavy (non-hydrogen) atoms. The maximum absolute atomic E-state index is 12.2. The van der Waals surface area contributed by atoms with Gasteiger partial charge in [-0.2, -0.15) is 0 Å². The molecule has 146 valence electrons. The van der Waals surface area contributed by atoms with Gasteiger partial charge < -0.3 is 29.5 Å². The van der Waals surface area contributed by atoms with E-state index in [1.165, 1.54) is 0 Å². The van der Waals surface area contributed by atoms with E-state index in [9.17, 15) is 9.90 Å². The number of nitrogens with one attached hydrogen (secondary N) is 1. The van der Waals surface area contributed by atoms with Gasteiger partial charge in [-0.05, 0) is 17.7 Å². The van der Waals surface area contributed by atoms with Crippen LogP contribution in [0.15, 0.2) is 53.7 Å². The molecule has 0 radical (unpaired) electrons. The summed E-state index contributed by atoms with van der Waals surface area (Å²) in [5, 5.41) is 16.6. The van der Waals surface area contributed by atoms with E-state index in [1.807, 2.05) is 30.3 Å². The molecule has 2 aromatic rings. The normalized spacial score (nSPS) is 18.2. The first-order valence-electron chi connectivity index (χ1n) is 8.95. The van der Waals surface area contributed by atoms with Crippen molar-refractivity contribution in [3.05, 3.63) is 54.1 Å². The van der Waals surface area contributed by atoms with Crippen LogP contribution in [-0.2, 0) is 9.63 Å². The van der Waals surface area contributed by atoms with Crippen molar-refractivity contribution in [1.29, 1.82) is 0 Å². The molecule has 0 spiro atoms. The lowest BCUT2D eigenvalue weighted by atomic mass is 10.0. The van der Waals surface area contributed by atoms with Crippen LogP contribution in [0.1, 0.15) is 18.1 Å². The number of aliphatic hydroxyl groups is 1. The van der Waals surface area contributed by atoms with Gasteiger partial charge in [-0.25, -0.2) is 0 Å². The minimum Gasteiger partial charge on any atom is -0.491 e. The van der Waals surface area contributed by atoms with Crippen molar-refractivity contribution in [2.45, 2.75) is 18.6 Å². The molecule has 8 nitrogen and oxygen atoms in total. The van der Waals surface area contributed by atoms with Crippen LogP contribution in [0, 0.1) is 0 Å². The van der Waals surface area contributed by atoms with Crippen LogP contribution >= 0.6 is 0 Å². The van der Waals surface area contributed by atoms with Crippen LogP contribution in [0.3, 0.4) is 0 Å². The Morgan fingerprint density at radius 1 is 1.21 bits per heavy atom. The Morgan fingerprint density at radius 2 is 2.04 bits per heavy atom. The minimum atomic E-state index is -0.873. The first-order chi connectivity index (χ1) is 13.7. The number of nitrogens with zero attached hydrogens (tertiary/aromatic N) is 1. The number of amides is 1. The quantitative estimate of drug-likeness (QED) is 0.755. The van der Waals surface area contributed by atoms with Crippen molar-refractivity contribution in [3.8, 4) is 17.2 Å². The molecule has 0 fully saturated rings. The molecule has 2 aliphatic heterocycles. The summed E-state index contributed by atoms with van der Waals surface area (Å²) in [5.41, 5.74) is 1.27. The van der Waals surface area contributed by atoms with E-state index in [0.29, 0.717) is 29.4 Å². The third-order valence-corrected chi connectivity index (χ3v) is 4.39. The molecule has 8 heteroatoms. The molecule has 2 heterocycles. The molecule has 2 atom stereocenters. The Balaban J connectivity index is 1.20. The molecule has 2 aromatic carbocycles. The fraction of sp³-hybridized carbons (Fsp3) is 0.300. The van der Waals surface area contributed by atoms with Gasteiger partial charge >= 0.3 is 0 Å². The molecule has 0 bridgehead atoms. The summed E-state index contributed by atoms with van der Waals surface area (Å²) >= 11 is 0. The average Bonchev–Trinajstić information content (AvgIpc) is 3.40.